The molecule has 7 nitrogen and oxygen atoms in total. The molecule has 1 N–H and O–H groups in total. The van der Waals surface area contributed by atoms with Gasteiger partial charge in [-0.3, -0.25) is 14.8 Å². The van der Waals surface area contributed by atoms with Crippen LogP contribution < -0.4 is 0 Å². The Morgan fingerprint density at radius 3 is 3.04 bits per heavy atom. The molecule has 0 fully saturated rings. The average molecular weight is 350 g/mol. The van der Waals surface area contributed by atoms with Crippen molar-refractivity contribution in [2.45, 2.75) is 20.1 Å². The van der Waals surface area contributed by atoms with Crippen molar-refractivity contribution >= 4 is 11.0 Å². The van der Waals surface area contributed by atoms with E-state index in [1.54, 1.807) is 12.3 Å². The van der Waals surface area contributed by atoms with E-state index in [2.05, 4.69) is 20.2 Å². The molecule has 5 heterocycles. The lowest BCUT2D eigenvalue weighted by Crippen LogP contribution is -2.17. The van der Waals surface area contributed by atoms with Gasteiger partial charge < -0.3 is 4.74 Å². The van der Waals surface area contributed by atoms with Gasteiger partial charge in [0.05, 0.1) is 43.5 Å². The number of aromatic amines is 1. The number of nitrogens with zero attached hydrogens (tertiary/aromatic N) is 5. The van der Waals surface area contributed by atoms with Crippen molar-refractivity contribution in [3.63, 3.8) is 0 Å². The third kappa shape index (κ3) is 2.30. The van der Waals surface area contributed by atoms with Crippen LogP contribution in [-0.4, -0.2) is 36.6 Å². The molecule has 0 amide bonds. The van der Waals surface area contributed by atoms with Gasteiger partial charge in [-0.25, -0.2) is 9.37 Å². The summed E-state index contributed by atoms with van der Waals surface area (Å²) < 4.78 is 21.0. The zero-order valence-corrected chi connectivity index (χ0v) is 14.0. The Balaban J connectivity index is 1.83. The van der Waals surface area contributed by atoms with Crippen molar-refractivity contribution in [3.8, 4) is 22.5 Å². The Labute approximate surface area is 147 Å². The van der Waals surface area contributed by atoms with Crippen molar-refractivity contribution in [2.24, 2.45) is 0 Å². The van der Waals surface area contributed by atoms with E-state index in [0.717, 1.165) is 33.5 Å². The lowest BCUT2D eigenvalue weighted by molar-refractivity contribution is 0.0805. The zero-order chi connectivity index (χ0) is 17.7. The summed E-state index contributed by atoms with van der Waals surface area (Å²) in [5.41, 5.74) is 5.79. The number of aryl methyl sites for hydroxylation is 1. The Kier molecular flexibility index (Phi) is 3.32. The second-order valence-electron chi connectivity index (χ2n) is 6.25. The molecule has 130 valence electrons. The largest absolute Gasteiger partial charge is 0.373 e. The van der Waals surface area contributed by atoms with Crippen LogP contribution in [-0.2, 0) is 17.9 Å². The lowest BCUT2D eigenvalue weighted by atomic mass is 9.98. The maximum absolute atomic E-state index is 13.3. The summed E-state index contributed by atoms with van der Waals surface area (Å²) in [5.74, 6) is -0.375. The molecule has 0 bridgehead atoms. The van der Waals surface area contributed by atoms with Crippen molar-refractivity contribution in [2.75, 3.05) is 6.61 Å². The fraction of sp³-hybridized carbons (Fsp3) is 0.222. The van der Waals surface area contributed by atoms with Crippen molar-refractivity contribution in [1.29, 1.82) is 0 Å². The highest BCUT2D eigenvalue weighted by atomic mass is 19.1. The summed E-state index contributed by atoms with van der Waals surface area (Å²) in [6, 6.07) is 5.05. The molecule has 1 aliphatic heterocycles. The van der Waals surface area contributed by atoms with Crippen LogP contribution in [0, 0.1) is 12.7 Å². The molecule has 1 aliphatic rings. The highest BCUT2D eigenvalue weighted by Gasteiger charge is 2.25. The molecular formula is C18H15FN6O. The van der Waals surface area contributed by atoms with Gasteiger partial charge in [0.2, 0.25) is 0 Å². The Hall–Kier alpha value is -3.13. The molecule has 26 heavy (non-hydrogen) atoms. The molecule has 8 heteroatoms. The van der Waals surface area contributed by atoms with E-state index in [1.807, 2.05) is 17.7 Å². The smallest absolute Gasteiger partial charge is 0.155 e. The van der Waals surface area contributed by atoms with Gasteiger partial charge >= 0.3 is 0 Å². The Bertz CT molecular complexity index is 1110. The number of hydrogen-bond acceptors (Lipinski definition) is 5. The van der Waals surface area contributed by atoms with Gasteiger partial charge in [-0.1, -0.05) is 0 Å². The normalized spacial score (nSPS) is 13.9. The van der Waals surface area contributed by atoms with Crippen LogP contribution in [0.4, 0.5) is 4.39 Å². The van der Waals surface area contributed by atoms with Gasteiger partial charge in [-0.2, -0.15) is 10.2 Å². The molecule has 0 saturated carbocycles. The lowest BCUT2D eigenvalue weighted by Gasteiger charge is -2.16. The average Bonchev–Trinajstić information content (AvgIpc) is 3.26. The topological polar surface area (TPSA) is 81.5 Å². The minimum Gasteiger partial charge on any atom is -0.373 e. The van der Waals surface area contributed by atoms with Crippen molar-refractivity contribution in [3.05, 3.63) is 47.8 Å². The van der Waals surface area contributed by atoms with Crippen LogP contribution in [0.2, 0.25) is 0 Å². The molecule has 0 aromatic carbocycles. The number of halogens is 1. The van der Waals surface area contributed by atoms with E-state index in [1.165, 1.54) is 12.3 Å². The number of H-pyrrole nitrogens is 1. The molecule has 0 radical (unpaired) electrons. The van der Waals surface area contributed by atoms with E-state index in [-0.39, 0.29) is 5.82 Å². The van der Waals surface area contributed by atoms with Crippen LogP contribution in [0.1, 0.15) is 11.4 Å². The van der Waals surface area contributed by atoms with Crippen LogP contribution in [0.3, 0.4) is 0 Å². The van der Waals surface area contributed by atoms with E-state index in [0.29, 0.717) is 31.1 Å². The van der Waals surface area contributed by atoms with E-state index in [9.17, 15) is 4.39 Å². The first-order chi connectivity index (χ1) is 12.7. The SMILES string of the molecule is Cc1cc(-c2c(-c3ccc(F)cn3)nn3c2COCC3)c2cn[nH]c2n1. The van der Waals surface area contributed by atoms with E-state index >= 15 is 0 Å². The molecule has 4 aromatic rings. The fourth-order valence-electron chi connectivity index (χ4n) is 3.39. The van der Waals surface area contributed by atoms with Crippen molar-refractivity contribution < 1.29 is 9.13 Å². The number of nitrogens with one attached hydrogen (secondary N) is 1. The third-order valence-corrected chi connectivity index (χ3v) is 4.53. The van der Waals surface area contributed by atoms with E-state index < -0.39 is 0 Å². The van der Waals surface area contributed by atoms with Gasteiger partial charge in [0.1, 0.15) is 11.5 Å². The van der Waals surface area contributed by atoms with Gasteiger partial charge in [-0.05, 0) is 25.1 Å². The Morgan fingerprint density at radius 1 is 1.27 bits per heavy atom. The number of fused-ring (bicyclic) bond motifs is 2. The Morgan fingerprint density at radius 2 is 2.19 bits per heavy atom. The van der Waals surface area contributed by atoms with Crippen molar-refractivity contribution in [1.82, 2.24) is 29.9 Å². The summed E-state index contributed by atoms with van der Waals surface area (Å²) in [5, 5.41) is 12.7. The minimum atomic E-state index is -0.375. The number of ether oxygens (including phenoxy) is 1. The molecule has 5 rings (SSSR count). The first-order valence-corrected chi connectivity index (χ1v) is 8.31. The predicted molar refractivity (Wildman–Crippen MR) is 92.7 cm³/mol. The quantitative estimate of drug-likeness (QED) is 0.601. The molecule has 0 unspecified atom stereocenters. The van der Waals surface area contributed by atoms with E-state index in [4.69, 9.17) is 9.84 Å². The summed E-state index contributed by atoms with van der Waals surface area (Å²) in [6.07, 6.45) is 2.96. The fourth-order valence-corrected chi connectivity index (χ4v) is 3.39. The molecule has 0 saturated heterocycles. The standard InChI is InChI=1S/C18H15FN6O/c1-10-6-12(13-8-21-23-18(13)22-10)16-15-9-26-5-4-25(15)24-17(16)14-3-2-11(19)7-20-14/h2-3,6-8H,4-5,9H2,1H3,(H,21,22,23). The number of rotatable bonds is 2. The first kappa shape index (κ1) is 15.2. The maximum Gasteiger partial charge on any atom is 0.155 e. The second-order valence-corrected chi connectivity index (χ2v) is 6.25. The number of pyridine rings is 2. The maximum atomic E-state index is 13.3. The van der Waals surface area contributed by atoms with Gasteiger partial charge in [-0.15, -0.1) is 0 Å². The van der Waals surface area contributed by atoms with Crippen LogP contribution >= 0.6 is 0 Å². The third-order valence-electron chi connectivity index (χ3n) is 4.53. The highest BCUT2D eigenvalue weighted by molar-refractivity contribution is 5.97. The summed E-state index contributed by atoms with van der Waals surface area (Å²) in [6.45, 7) is 3.68. The summed E-state index contributed by atoms with van der Waals surface area (Å²) in [4.78, 5) is 8.73. The van der Waals surface area contributed by atoms with Gasteiger partial charge in [0, 0.05) is 22.2 Å². The molecule has 0 spiro atoms. The summed E-state index contributed by atoms with van der Waals surface area (Å²) >= 11 is 0. The second kappa shape index (κ2) is 5.70. The van der Waals surface area contributed by atoms with Crippen LogP contribution in [0.5, 0.6) is 0 Å². The monoisotopic (exact) mass is 350 g/mol. The highest BCUT2D eigenvalue weighted by Crippen LogP contribution is 2.38. The summed E-state index contributed by atoms with van der Waals surface area (Å²) in [7, 11) is 0. The molecular weight excluding hydrogens is 335 g/mol. The first-order valence-electron chi connectivity index (χ1n) is 8.31. The predicted octanol–water partition coefficient (Wildman–Crippen LogP) is 2.86. The number of hydrogen-bond donors (Lipinski definition) is 1. The van der Waals surface area contributed by atoms with Crippen LogP contribution in [0.25, 0.3) is 33.5 Å². The minimum absolute atomic E-state index is 0.375. The van der Waals surface area contributed by atoms with Gasteiger partial charge in [0.25, 0.3) is 0 Å². The molecule has 0 aliphatic carbocycles. The molecule has 4 aromatic heterocycles. The zero-order valence-electron chi connectivity index (χ0n) is 14.0. The van der Waals surface area contributed by atoms with Gasteiger partial charge in [0.15, 0.2) is 5.65 Å². The molecule has 0 atom stereocenters. The van der Waals surface area contributed by atoms with Crippen LogP contribution in [0.15, 0.2) is 30.6 Å². The number of aromatic nitrogens is 6.